The lowest BCUT2D eigenvalue weighted by atomic mass is 10.1. The third-order valence-corrected chi connectivity index (χ3v) is 5.57. The van der Waals surface area contributed by atoms with Gasteiger partial charge >= 0.3 is 0 Å². The van der Waals surface area contributed by atoms with Crippen molar-refractivity contribution < 1.29 is 4.79 Å². The van der Waals surface area contributed by atoms with Crippen LogP contribution in [0.4, 0.5) is 0 Å². The van der Waals surface area contributed by atoms with Gasteiger partial charge in [-0.3, -0.25) is 4.79 Å². The van der Waals surface area contributed by atoms with Crippen LogP contribution >= 0.6 is 11.8 Å². The van der Waals surface area contributed by atoms with Crippen molar-refractivity contribution in [2.45, 2.75) is 39.0 Å². The summed E-state index contributed by atoms with van der Waals surface area (Å²) in [7, 11) is 0. The second-order valence-corrected chi connectivity index (χ2v) is 7.48. The van der Waals surface area contributed by atoms with E-state index in [1.807, 2.05) is 31.2 Å². The molecule has 1 heterocycles. The van der Waals surface area contributed by atoms with Crippen molar-refractivity contribution in [1.29, 1.82) is 0 Å². The number of thioether (sulfide) groups is 1. The molecule has 0 spiro atoms. The summed E-state index contributed by atoms with van der Waals surface area (Å²) in [6.45, 7) is 10.5. The molecule has 5 nitrogen and oxygen atoms in total. The van der Waals surface area contributed by atoms with E-state index in [1.54, 1.807) is 0 Å². The SMILES string of the molecule is CCNC(=O)c1ccc(CN=C(NCC)N2CCSC(CC)C2)cc1. The Morgan fingerprint density at radius 3 is 2.56 bits per heavy atom. The van der Waals surface area contributed by atoms with Crippen LogP contribution in [0.25, 0.3) is 0 Å². The van der Waals surface area contributed by atoms with Crippen LogP contribution in [0, 0.1) is 0 Å². The van der Waals surface area contributed by atoms with Crippen molar-refractivity contribution in [3.63, 3.8) is 0 Å². The molecule has 1 aromatic carbocycles. The highest BCUT2D eigenvalue weighted by Gasteiger charge is 2.21. The highest BCUT2D eigenvalue weighted by Crippen LogP contribution is 2.21. The van der Waals surface area contributed by atoms with Crippen molar-refractivity contribution in [1.82, 2.24) is 15.5 Å². The number of hydrogen-bond donors (Lipinski definition) is 2. The summed E-state index contributed by atoms with van der Waals surface area (Å²) < 4.78 is 0. The fourth-order valence-corrected chi connectivity index (χ4v) is 3.96. The summed E-state index contributed by atoms with van der Waals surface area (Å²) in [5.41, 5.74) is 1.81. The summed E-state index contributed by atoms with van der Waals surface area (Å²) in [6.07, 6.45) is 1.20. The molecule has 0 bridgehead atoms. The Morgan fingerprint density at radius 2 is 1.92 bits per heavy atom. The van der Waals surface area contributed by atoms with Gasteiger partial charge < -0.3 is 15.5 Å². The topological polar surface area (TPSA) is 56.7 Å². The number of carbonyl (C=O) groups is 1. The predicted octanol–water partition coefficient (Wildman–Crippen LogP) is 2.73. The van der Waals surface area contributed by atoms with Gasteiger partial charge in [-0.15, -0.1) is 0 Å². The van der Waals surface area contributed by atoms with Crippen LogP contribution in [0.1, 0.15) is 43.1 Å². The molecule has 0 aromatic heterocycles. The molecule has 1 aliphatic heterocycles. The fraction of sp³-hybridized carbons (Fsp3) is 0.579. The molecule has 2 N–H and O–H groups in total. The van der Waals surface area contributed by atoms with Crippen LogP contribution in [0.3, 0.4) is 0 Å². The number of rotatable bonds is 6. The van der Waals surface area contributed by atoms with E-state index >= 15 is 0 Å². The Morgan fingerprint density at radius 1 is 1.20 bits per heavy atom. The van der Waals surface area contributed by atoms with E-state index in [4.69, 9.17) is 4.99 Å². The van der Waals surface area contributed by atoms with Crippen molar-refractivity contribution in [3.8, 4) is 0 Å². The summed E-state index contributed by atoms with van der Waals surface area (Å²) in [4.78, 5) is 19.0. The first-order valence-electron chi connectivity index (χ1n) is 9.19. The van der Waals surface area contributed by atoms with Gasteiger partial charge in [-0.25, -0.2) is 4.99 Å². The van der Waals surface area contributed by atoms with Crippen molar-refractivity contribution in [2.24, 2.45) is 4.99 Å². The first-order valence-corrected chi connectivity index (χ1v) is 10.2. The van der Waals surface area contributed by atoms with E-state index in [2.05, 4.69) is 41.1 Å². The number of carbonyl (C=O) groups excluding carboxylic acids is 1. The summed E-state index contributed by atoms with van der Waals surface area (Å²) >= 11 is 2.06. The number of nitrogens with one attached hydrogen (secondary N) is 2. The van der Waals surface area contributed by atoms with Gasteiger partial charge in [0.25, 0.3) is 5.91 Å². The zero-order valence-electron chi connectivity index (χ0n) is 15.5. The molecular formula is C19H30N4OS. The quantitative estimate of drug-likeness (QED) is 0.603. The van der Waals surface area contributed by atoms with E-state index < -0.39 is 0 Å². The van der Waals surface area contributed by atoms with E-state index in [1.165, 1.54) is 6.42 Å². The van der Waals surface area contributed by atoms with E-state index in [0.29, 0.717) is 23.9 Å². The van der Waals surface area contributed by atoms with Crippen LogP contribution < -0.4 is 10.6 Å². The number of hydrogen-bond acceptors (Lipinski definition) is 3. The lowest BCUT2D eigenvalue weighted by molar-refractivity contribution is 0.0956. The Balaban J connectivity index is 2.01. The van der Waals surface area contributed by atoms with Gasteiger partial charge in [0.2, 0.25) is 0 Å². The van der Waals surface area contributed by atoms with Crippen LogP contribution in [0.15, 0.2) is 29.3 Å². The van der Waals surface area contributed by atoms with Gasteiger partial charge in [-0.05, 0) is 38.0 Å². The highest BCUT2D eigenvalue weighted by molar-refractivity contribution is 8.00. The highest BCUT2D eigenvalue weighted by atomic mass is 32.2. The molecule has 25 heavy (non-hydrogen) atoms. The molecule has 1 amide bonds. The fourth-order valence-electron chi connectivity index (χ4n) is 2.77. The maximum Gasteiger partial charge on any atom is 0.251 e. The van der Waals surface area contributed by atoms with Crippen molar-refractivity contribution in [3.05, 3.63) is 35.4 Å². The Kier molecular flexibility index (Phi) is 8.12. The third-order valence-electron chi connectivity index (χ3n) is 4.19. The monoisotopic (exact) mass is 362 g/mol. The molecule has 1 fully saturated rings. The zero-order valence-corrected chi connectivity index (χ0v) is 16.4. The number of guanidine groups is 1. The third kappa shape index (κ3) is 5.96. The minimum Gasteiger partial charge on any atom is -0.357 e. The molecule has 138 valence electrons. The van der Waals surface area contributed by atoms with Gasteiger partial charge in [0.05, 0.1) is 6.54 Å². The first kappa shape index (κ1) is 19.6. The summed E-state index contributed by atoms with van der Waals surface area (Å²) in [5.74, 6) is 2.13. The molecule has 6 heteroatoms. The molecule has 1 unspecified atom stereocenters. The molecule has 1 aromatic rings. The first-order chi connectivity index (χ1) is 12.2. The second-order valence-electron chi connectivity index (χ2n) is 6.07. The van der Waals surface area contributed by atoms with Crippen LogP contribution in [-0.2, 0) is 6.54 Å². The van der Waals surface area contributed by atoms with Gasteiger partial charge in [0.15, 0.2) is 5.96 Å². The normalized spacial score (nSPS) is 18.1. The van der Waals surface area contributed by atoms with Gasteiger partial charge in [0, 0.05) is 42.7 Å². The van der Waals surface area contributed by atoms with Crippen LogP contribution in [-0.4, -0.2) is 53.9 Å². The standard InChI is InChI=1S/C19H30N4OS/c1-4-17-14-23(11-12-25-17)19(21-6-3)22-13-15-7-9-16(10-8-15)18(24)20-5-2/h7-10,17H,4-6,11-14H2,1-3H3,(H,20,24)(H,21,22). The molecule has 0 saturated carbocycles. The Bertz CT molecular complexity index is 573. The molecule has 1 atom stereocenters. The van der Waals surface area contributed by atoms with Gasteiger partial charge in [-0.2, -0.15) is 11.8 Å². The minimum atomic E-state index is -0.0256. The predicted molar refractivity (Wildman–Crippen MR) is 107 cm³/mol. The average molecular weight is 363 g/mol. The minimum absolute atomic E-state index is 0.0256. The Labute approximate surface area is 155 Å². The van der Waals surface area contributed by atoms with E-state index in [-0.39, 0.29) is 5.91 Å². The van der Waals surface area contributed by atoms with Crippen molar-refractivity contribution in [2.75, 3.05) is 31.9 Å². The van der Waals surface area contributed by atoms with Crippen LogP contribution in [0.2, 0.25) is 0 Å². The molecule has 2 rings (SSSR count). The number of nitrogens with zero attached hydrogens (tertiary/aromatic N) is 2. The van der Waals surface area contributed by atoms with Crippen molar-refractivity contribution >= 4 is 23.6 Å². The number of amides is 1. The van der Waals surface area contributed by atoms with Crippen LogP contribution in [0.5, 0.6) is 0 Å². The zero-order chi connectivity index (χ0) is 18.1. The summed E-state index contributed by atoms with van der Waals surface area (Å²) in [5, 5.41) is 6.92. The second kappa shape index (κ2) is 10.3. The molecule has 1 saturated heterocycles. The number of aliphatic imine (C=N–C) groups is 1. The Hall–Kier alpha value is -1.69. The molecular weight excluding hydrogens is 332 g/mol. The van der Waals surface area contributed by atoms with Gasteiger partial charge in [0.1, 0.15) is 0 Å². The lowest BCUT2D eigenvalue weighted by Crippen LogP contribution is -2.48. The summed E-state index contributed by atoms with van der Waals surface area (Å²) in [6, 6.07) is 7.71. The van der Waals surface area contributed by atoms with Gasteiger partial charge in [-0.1, -0.05) is 19.1 Å². The molecule has 0 radical (unpaired) electrons. The maximum absolute atomic E-state index is 11.8. The number of benzene rings is 1. The molecule has 1 aliphatic rings. The molecule has 0 aliphatic carbocycles. The van der Waals surface area contributed by atoms with E-state index in [0.717, 1.165) is 36.9 Å². The maximum atomic E-state index is 11.8. The van der Waals surface area contributed by atoms with E-state index in [9.17, 15) is 4.79 Å². The largest absolute Gasteiger partial charge is 0.357 e. The average Bonchev–Trinajstić information content (AvgIpc) is 2.65. The smallest absolute Gasteiger partial charge is 0.251 e. The lowest BCUT2D eigenvalue weighted by Gasteiger charge is -2.34.